The van der Waals surface area contributed by atoms with Crippen LogP contribution in [0, 0.1) is 12.7 Å². The third-order valence-electron chi connectivity index (χ3n) is 2.94. The van der Waals surface area contributed by atoms with E-state index in [9.17, 15) is 14.0 Å². The molecule has 0 spiro atoms. The average molecular weight is 294 g/mol. The van der Waals surface area contributed by atoms with Gasteiger partial charge in [0.1, 0.15) is 5.82 Å². The molecule has 5 heteroatoms. The third kappa shape index (κ3) is 5.17. The number of nitrogens with one attached hydrogen (secondary N) is 1. The summed E-state index contributed by atoms with van der Waals surface area (Å²) in [5, 5.41) is 2.82. The number of halogens is 1. The maximum atomic E-state index is 13.1. The lowest BCUT2D eigenvalue weighted by molar-refractivity contribution is -0.123. The van der Waals surface area contributed by atoms with Gasteiger partial charge in [-0.25, -0.2) is 4.39 Å². The summed E-state index contributed by atoms with van der Waals surface area (Å²) < 4.78 is 13.1. The standard InChI is InChI=1S/C16H23FN2O2/c1-6-19(10-14(20)18-16(3,4)5)15(21)13-8-7-12(17)9-11(13)2/h7-9H,6,10H2,1-5H3,(H,18,20). The van der Waals surface area contributed by atoms with Crippen LogP contribution in [0.5, 0.6) is 0 Å². The monoisotopic (exact) mass is 294 g/mol. The fourth-order valence-corrected chi connectivity index (χ4v) is 2.00. The van der Waals surface area contributed by atoms with Crippen LogP contribution in [0.1, 0.15) is 43.6 Å². The molecule has 0 bridgehead atoms. The molecule has 0 atom stereocenters. The van der Waals surface area contributed by atoms with Gasteiger partial charge in [0.05, 0.1) is 6.54 Å². The van der Waals surface area contributed by atoms with E-state index in [0.717, 1.165) is 0 Å². The van der Waals surface area contributed by atoms with Gasteiger partial charge in [0.25, 0.3) is 5.91 Å². The highest BCUT2D eigenvalue weighted by Gasteiger charge is 2.21. The van der Waals surface area contributed by atoms with Crippen molar-refractivity contribution in [3.05, 3.63) is 35.1 Å². The smallest absolute Gasteiger partial charge is 0.254 e. The molecule has 0 aliphatic heterocycles. The first kappa shape index (κ1) is 17.1. The Kier molecular flexibility index (Phi) is 5.47. The molecule has 1 aromatic rings. The normalized spacial score (nSPS) is 11.1. The molecule has 0 unspecified atom stereocenters. The Bertz CT molecular complexity index is 536. The van der Waals surface area contributed by atoms with Gasteiger partial charge in [0, 0.05) is 17.6 Å². The fourth-order valence-electron chi connectivity index (χ4n) is 2.00. The summed E-state index contributed by atoms with van der Waals surface area (Å²) in [6.45, 7) is 9.53. The van der Waals surface area contributed by atoms with E-state index in [1.807, 2.05) is 20.8 Å². The van der Waals surface area contributed by atoms with E-state index in [0.29, 0.717) is 17.7 Å². The lowest BCUT2D eigenvalue weighted by Crippen LogP contribution is -2.47. The molecule has 0 aromatic heterocycles. The maximum Gasteiger partial charge on any atom is 0.254 e. The summed E-state index contributed by atoms with van der Waals surface area (Å²) in [6, 6.07) is 4.02. The molecule has 1 N–H and O–H groups in total. The van der Waals surface area contributed by atoms with Crippen molar-refractivity contribution in [1.29, 1.82) is 0 Å². The number of rotatable bonds is 4. The Morgan fingerprint density at radius 3 is 2.38 bits per heavy atom. The molecule has 2 amide bonds. The number of carbonyl (C=O) groups is 2. The van der Waals surface area contributed by atoms with Gasteiger partial charge < -0.3 is 10.2 Å². The zero-order valence-corrected chi connectivity index (χ0v) is 13.3. The van der Waals surface area contributed by atoms with E-state index in [1.165, 1.54) is 23.1 Å². The fraction of sp³-hybridized carbons (Fsp3) is 0.500. The van der Waals surface area contributed by atoms with Crippen LogP contribution in [-0.4, -0.2) is 35.3 Å². The number of nitrogens with zero attached hydrogens (tertiary/aromatic N) is 1. The topological polar surface area (TPSA) is 49.4 Å². The molecular formula is C16H23FN2O2. The molecule has 1 rings (SSSR count). The molecule has 0 fully saturated rings. The van der Waals surface area contributed by atoms with Gasteiger partial charge in [-0.15, -0.1) is 0 Å². The van der Waals surface area contributed by atoms with Crippen molar-refractivity contribution in [1.82, 2.24) is 10.2 Å². The second kappa shape index (κ2) is 6.70. The van der Waals surface area contributed by atoms with E-state index in [2.05, 4.69) is 5.32 Å². The minimum absolute atomic E-state index is 0.0105. The van der Waals surface area contributed by atoms with Gasteiger partial charge in [-0.2, -0.15) is 0 Å². The molecule has 1 aromatic carbocycles. The highest BCUT2D eigenvalue weighted by atomic mass is 19.1. The van der Waals surface area contributed by atoms with Crippen LogP contribution in [0.15, 0.2) is 18.2 Å². The number of likely N-dealkylation sites (N-methyl/N-ethyl adjacent to an activating group) is 1. The largest absolute Gasteiger partial charge is 0.350 e. The Balaban J connectivity index is 2.84. The summed E-state index contributed by atoms with van der Waals surface area (Å²) in [7, 11) is 0. The summed E-state index contributed by atoms with van der Waals surface area (Å²) in [6.07, 6.45) is 0. The molecule has 21 heavy (non-hydrogen) atoms. The first-order chi connectivity index (χ1) is 9.64. The lowest BCUT2D eigenvalue weighted by Gasteiger charge is -2.25. The predicted octanol–water partition coefficient (Wildman–Crippen LogP) is 2.51. The maximum absolute atomic E-state index is 13.1. The number of hydrogen-bond donors (Lipinski definition) is 1. The Labute approximate surface area is 125 Å². The summed E-state index contributed by atoms with van der Waals surface area (Å²) in [4.78, 5) is 25.8. The van der Waals surface area contributed by atoms with Crippen LogP contribution in [0.3, 0.4) is 0 Å². The predicted molar refractivity (Wildman–Crippen MR) is 80.6 cm³/mol. The highest BCUT2D eigenvalue weighted by molar-refractivity contribution is 5.97. The van der Waals surface area contributed by atoms with Crippen LogP contribution in [-0.2, 0) is 4.79 Å². The second-order valence-corrected chi connectivity index (χ2v) is 6.08. The van der Waals surface area contributed by atoms with Gasteiger partial charge in [0.2, 0.25) is 5.91 Å². The van der Waals surface area contributed by atoms with Crippen LogP contribution in [0.2, 0.25) is 0 Å². The molecule has 0 saturated carbocycles. The van der Waals surface area contributed by atoms with Crippen molar-refractivity contribution in [2.45, 2.75) is 40.2 Å². The molecule has 0 aliphatic rings. The minimum Gasteiger partial charge on any atom is -0.350 e. The van der Waals surface area contributed by atoms with E-state index in [1.54, 1.807) is 13.8 Å². The molecule has 4 nitrogen and oxygen atoms in total. The zero-order chi connectivity index (χ0) is 16.2. The van der Waals surface area contributed by atoms with Crippen molar-refractivity contribution < 1.29 is 14.0 Å². The average Bonchev–Trinajstić information content (AvgIpc) is 2.33. The van der Waals surface area contributed by atoms with Crippen molar-refractivity contribution in [3.63, 3.8) is 0 Å². The number of carbonyl (C=O) groups excluding carboxylic acids is 2. The van der Waals surface area contributed by atoms with Gasteiger partial charge in [0.15, 0.2) is 0 Å². The zero-order valence-electron chi connectivity index (χ0n) is 13.3. The first-order valence-corrected chi connectivity index (χ1v) is 7.00. The minimum atomic E-state index is -0.377. The molecule has 0 aliphatic carbocycles. The summed E-state index contributed by atoms with van der Waals surface area (Å²) in [5.41, 5.74) is 0.641. The lowest BCUT2D eigenvalue weighted by atomic mass is 10.1. The van der Waals surface area contributed by atoms with Gasteiger partial charge in [-0.3, -0.25) is 9.59 Å². The highest BCUT2D eigenvalue weighted by Crippen LogP contribution is 2.13. The number of aryl methyl sites for hydroxylation is 1. The van der Waals surface area contributed by atoms with Crippen molar-refractivity contribution in [3.8, 4) is 0 Å². The quantitative estimate of drug-likeness (QED) is 0.927. The summed E-state index contributed by atoms with van der Waals surface area (Å²) in [5.74, 6) is -0.853. The molecule has 116 valence electrons. The number of amides is 2. The molecule has 0 saturated heterocycles. The van der Waals surface area contributed by atoms with Gasteiger partial charge >= 0.3 is 0 Å². The number of hydrogen-bond acceptors (Lipinski definition) is 2. The van der Waals surface area contributed by atoms with Crippen molar-refractivity contribution in [2.75, 3.05) is 13.1 Å². The van der Waals surface area contributed by atoms with Crippen LogP contribution < -0.4 is 5.32 Å². The van der Waals surface area contributed by atoms with E-state index in [4.69, 9.17) is 0 Å². The Morgan fingerprint density at radius 1 is 1.29 bits per heavy atom. The SMILES string of the molecule is CCN(CC(=O)NC(C)(C)C)C(=O)c1ccc(F)cc1C. The molecular weight excluding hydrogens is 271 g/mol. The third-order valence-corrected chi connectivity index (χ3v) is 2.94. The Morgan fingerprint density at radius 2 is 1.90 bits per heavy atom. The van der Waals surface area contributed by atoms with Gasteiger partial charge in [-0.1, -0.05) is 0 Å². The Hall–Kier alpha value is -1.91. The van der Waals surface area contributed by atoms with Crippen LogP contribution in [0.25, 0.3) is 0 Å². The molecule has 0 heterocycles. The first-order valence-electron chi connectivity index (χ1n) is 7.00. The van der Waals surface area contributed by atoms with E-state index in [-0.39, 0.29) is 29.7 Å². The number of benzene rings is 1. The second-order valence-electron chi connectivity index (χ2n) is 6.08. The van der Waals surface area contributed by atoms with Crippen LogP contribution >= 0.6 is 0 Å². The van der Waals surface area contributed by atoms with E-state index >= 15 is 0 Å². The van der Waals surface area contributed by atoms with Gasteiger partial charge in [-0.05, 0) is 58.4 Å². The van der Waals surface area contributed by atoms with Crippen molar-refractivity contribution >= 4 is 11.8 Å². The van der Waals surface area contributed by atoms with Crippen molar-refractivity contribution in [2.24, 2.45) is 0 Å². The van der Waals surface area contributed by atoms with E-state index < -0.39 is 0 Å². The molecule has 0 radical (unpaired) electrons. The van der Waals surface area contributed by atoms with Crippen LogP contribution in [0.4, 0.5) is 4.39 Å². The summed E-state index contributed by atoms with van der Waals surface area (Å²) >= 11 is 0.